The highest BCUT2D eigenvalue weighted by Gasteiger charge is 2.38. The highest BCUT2D eigenvalue weighted by Crippen LogP contribution is 2.28. The quantitative estimate of drug-likeness (QED) is 0.819. The van der Waals surface area contributed by atoms with E-state index in [0.29, 0.717) is 26.2 Å². The minimum atomic E-state index is -0.321. The van der Waals surface area contributed by atoms with Crippen molar-refractivity contribution in [3.8, 4) is 5.75 Å². The number of carbonyl (C=O) groups excluding carboxylic acids is 2. The number of rotatable bonds is 5. The van der Waals surface area contributed by atoms with Gasteiger partial charge in [0.2, 0.25) is 5.91 Å². The summed E-state index contributed by atoms with van der Waals surface area (Å²) in [6.07, 6.45) is 4.40. The summed E-state index contributed by atoms with van der Waals surface area (Å²) in [6.45, 7) is 8.39. The molecule has 1 saturated heterocycles. The number of hydrogen-bond acceptors (Lipinski definition) is 4. The lowest BCUT2D eigenvalue weighted by Crippen LogP contribution is -2.59. The third-order valence-electron chi connectivity index (χ3n) is 6.02. The van der Waals surface area contributed by atoms with Crippen LogP contribution in [0.25, 0.3) is 0 Å². The predicted molar refractivity (Wildman–Crippen MR) is 114 cm³/mol. The van der Waals surface area contributed by atoms with E-state index in [9.17, 15) is 9.59 Å². The standard InChI is InChI=1S/C23H28N4O3/c1-4-23(2,3)21(28)26-14-20(15-26)30-19-7-5-18(6-8-19)25-22(29)27-12-16-9-10-24-11-17(16)13-27/h5-11,20H,4,12-15H2,1-3H3,(H,25,29). The summed E-state index contributed by atoms with van der Waals surface area (Å²) in [6, 6.07) is 9.18. The molecule has 158 valence electrons. The first-order valence-electron chi connectivity index (χ1n) is 10.4. The zero-order valence-corrected chi connectivity index (χ0v) is 17.7. The molecule has 0 radical (unpaired) electrons. The largest absolute Gasteiger partial charge is 0.487 e. The summed E-state index contributed by atoms with van der Waals surface area (Å²) in [5, 5.41) is 2.93. The maximum absolute atomic E-state index is 12.5. The van der Waals surface area contributed by atoms with Crippen LogP contribution < -0.4 is 10.1 Å². The Kier molecular flexibility index (Phi) is 5.37. The van der Waals surface area contributed by atoms with Gasteiger partial charge in [-0.25, -0.2) is 4.79 Å². The van der Waals surface area contributed by atoms with Crippen LogP contribution in [0.3, 0.4) is 0 Å². The van der Waals surface area contributed by atoms with Crippen LogP contribution in [0.2, 0.25) is 0 Å². The molecule has 1 N–H and O–H groups in total. The number of nitrogens with one attached hydrogen (secondary N) is 1. The summed E-state index contributed by atoms with van der Waals surface area (Å²) >= 11 is 0. The fraction of sp³-hybridized carbons (Fsp3) is 0.435. The molecule has 4 rings (SSSR count). The molecule has 1 aromatic heterocycles. The number of carbonyl (C=O) groups is 2. The number of amides is 3. The molecule has 0 aliphatic carbocycles. The minimum Gasteiger partial charge on any atom is -0.487 e. The van der Waals surface area contributed by atoms with Gasteiger partial charge in [0, 0.05) is 36.6 Å². The monoisotopic (exact) mass is 408 g/mol. The van der Waals surface area contributed by atoms with Crippen molar-refractivity contribution < 1.29 is 14.3 Å². The molecular formula is C23H28N4O3. The number of aromatic nitrogens is 1. The zero-order valence-electron chi connectivity index (χ0n) is 17.7. The molecule has 30 heavy (non-hydrogen) atoms. The number of anilines is 1. The Morgan fingerprint density at radius 1 is 1.10 bits per heavy atom. The van der Waals surface area contributed by atoms with Crippen molar-refractivity contribution in [2.75, 3.05) is 18.4 Å². The first-order valence-corrected chi connectivity index (χ1v) is 10.4. The number of benzene rings is 1. The van der Waals surface area contributed by atoms with Crippen LogP contribution >= 0.6 is 0 Å². The second kappa shape index (κ2) is 7.97. The fourth-order valence-corrected chi connectivity index (χ4v) is 3.63. The Labute approximate surface area is 177 Å². The van der Waals surface area contributed by atoms with Gasteiger partial charge >= 0.3 is 6.03 Å². The van der Waals surface area contributed by atoms with Crippen molar-refractivity contribution in [1.82, 2.24) is 14.8 Å². The molecule has 0 atom stereocenters. The van der Waals surface area contributed by atoms with E-state index in [1.807, 2.05) is 62.2 Å². The molecular weight excluding hydrogens is 380 g/mol. The van der Waals surface area contributed by atoms with Gasteiger partial charge in [-0.15, -0.1) is 0 Å². The first kappa shape index (κ1) is 20.2. The molecule has 2 aliphatic heterocycles. The lowest BCUT2D eigenvalue weighted by atomic mass is 9.87. The van der Waals surface area contributed by atoms with Crippen molar-refractivity contribution in [2.24, 2.45) is 5.41 Å². The van der Waals surface area contributed by atoms with Crippen LogP contribution in [-0.2, 0) is 17.9 Å². The highest BCUT2D eigenvalue weighted by molar-refractivity contribution is 5.89. The van der Waals surface area contributed by atoms with Crippen molar-refractivity contribution in [1.29, 1.82) is 0 Å². The third kappa shape index (κ3) is 4.10. The fourth-order valence-electron chi connectivity index (χ4n) is 3.63. The lowest BCUT2D eigenvalue weighted by Gasteiger charge is -2.42. The Balaban J connectivity index is 1.25. The number of hydrogen-bond donors (Lipinski definition) is 1. The highest BCUT2D eigenvalue weighted by atomic mass is 16.5. The molecule has 1 fully saturated rings. The van der Waals surface area contributed by atoms with Gasteiger partial charge < -0.3 is 19.9 Å². The normalized spacial score (nSPS) is 16.1. The molecule has 0 saturated carbocycles. The van der Waals surface area contributed by atoms with Gasteiger partial charge in [-0.2, -0.15) is 0 Å². The van der Waals surface area contributed by atoms with Gasteiger partial charge in [-0.1, -0.05) is 20.8 Å². The summed E-state index contributed by atoms with van der Waals surface area (Å²) in [7, 11) is 0. The number of likely N-dealkylation sites (tertiary alicyclic amines) is 1. The molecule has 0 unspecified atom stereocenters. The third-order valence-corrected chi connectivity index (χ3v) is 6.02. The maximum Gasteiger partial charge on any atom is 0.322 e. The molecule has 7 heteroatoms. The van der Waals surface area contributed by atoms with Crippen molar-refractivity contribution >= 4 is 17.6 Å². The summed E-state index contributed by atoms with van der Waals surface area (Å²) in [5.74, 6) is 0.919. The van der Waals surface area contributed by atoms with E-state index in [4.69, 9.17) is 4.74 Å². The van der Waals surface area contributed by atoms with Crippen LogP contribution in [0.15, 0.2) is 42.7 Å². The van der Waals surface area contributed by atoms with E-state index in [2.05, 4.69) is 10.3 Å². The Bertz CT molecular complexity index is 911. The van der Waals surface area contributed by atoms with E-state index in [0.717, 1.165) is 29.0 Å². The molecule has 1 aromatic carbocycles. The average Bonchev–Trinajstić information content (AvgIpc) is 3.15. The van der Waals surface area contributed by atoms with Gasteiger partial charge in [0.05, 0.1) is 13.1 Å². The Morgan fingerprint density at radius 2 is 1.80 bits per heavy atom. The average molecular weight is 409 g/mol. The van der Waals surface area contributed by atoms with Crippen molar-refractivity contribution in [2.45, 2.75) is 46.4 Å². The number of nitrogens with zero attached hydrogens (tertiary/aromatic N) is 3. The SMILES string of the molecule is CCC(C)(C)C(=O)N1CC(Oc2ccc(NC(=O)N3Cc4ccncc4C3)cc2)C1. The molecule has 7 nitrogen and oxygen atoms in total. The molecule has 2 aromatic rings. The van der Waals surface area contributed by atoms with Crippen LogP contribution in [0.5, 0.6) is 5.75 Å². The molecule has 0 spiro atoms. The van der Waals surface area contributed by atoms with E-state index in [-0.39, 0.29) is 23.5 Å². The van der Waals surface area contributed by atoms with E-state index >= 15 is 0 Å². The number of pyridine rings is 1. The van der Waals surface area contributed by atoms with Crippen LogP contribution in [0.1, 0.15) is 38.3 Å². The van der Waals surface area contributed by atoms with Gasteiger partial charge in [-0.3, -0.25) is 9.78 Å². The van der Waals surface area contributed by atoms with Gasteiger partial charge in [0.1, 0.15) is 11.9 Å². The van der Waals surface area contributed by atoms with Gasteiger partial charge in [-0.05, 0) is 47.9 Å². The van der Waals surface area contributed by atoms with Crippen LogP contribution in [-0.4, -0.2) is 45.9 Å². The molecule has 2 aliphatic rings. The smallest absolute Gasteiger partial charge is 0.322 e. The minimum absolute atomic E-state index is 0.0127. The Hall–Kier alpha value is -3.09. The van der Waals surface area contributed by atoms with Gasteiger partial charge in [0.15, 0.2) is 0 Å². The number of ether oxygens (including phenoxy) is 1. The zero-order chi connectivity index (χ0) is 21.3. The molecule has 0 bridgehead atoms. The molecule has 3 heterocycles. The van der Waals surface area contributed by atoms with Gasteiger partial charge in [0.25, 0.3) is 0 Å². The summed E-state index contributed by atoms with van der Waals surface area (Å²) in [4.78, 5) is 32.7. The summed E-state index contributed by atoms with van der Waals surface area (Å²) in [5.41, 5.74) is 2.63. The van der Waals surface area contributed by atoms with Crippen molar-refractivity contribution in [3.05, 3.63) is 53.9 Å². The lowest BCUT2D eigenvalue weighted by molar-refractivity contribution is -0.149. The van der Waals surface area contributed by atoms with Crippen LogP contribution in [0, 0.1) is 5.41 Å². The predicted octanol–water partition coefficient (Wildman–Crippen LogP) is 3.66. The Morgan fingerprint density at radius 3 is 2.47 bits per heavy atom. The van der Waals surface area contributed by atoms with Crippen LogP contribution in [0.4, 0.5) is 10.5 Å². The van der Waals surface area contributed by atoms with Crippen molar-refractivity contribution in [3.63, 3.8) is 0 Å². The summed E-state index contributed by atoms with van der Waals surface area (Å²) < 4.78 is 5.96. The number of urea groups is 1. The van der Waals surface area contributed by atoms with E-state index < -0.39 is 0 Å². The van der Waals surface area contributed by atoms with E-state index in [1.165, 1.54) is 0 Å². The topological polar surface area (TPSA) is 74.8 Å². The van der Waals surface area contributed by atoms with E-state index in [1.54, 1.807) is 11.1 Å². The first-order chi connectivity index (χ1) is 14.4. The number of fused-ring (bicyclic) bond motifs is 1. The second-order valence-electron chi connectivity index (χ2n) is 8.64. The molecule has 3 amide bonds. The maximum atomic E-state index is 12.5. The second-order valence-corrected chi connectivity index (χ2v) is 8.64.